The molecule has 1 aliphatic heterocycles. The van der Waals surface area contributed by atoms with E-state index in [4.69, 9.17) is 17.3 Å². The van der Waals surface area contributed by atoms with E-state index in [1.54, 1.807) is 18.2 Å². The van der Waals surface area contributed by atoms with Gasteiger partial charge in [-0.15, -0.1) is 0 Å². The topological polar surface area (TPSA) is 46.3 Å². The molecular weight excluding hydrogens is 284 g/mol. The lowest BCUT2D eigenvalue weighted by atomic mass is 9.83. The lowest BCUT2D eigenvalue weighted by Crippen LogP contribution is -2.41. The van der Waals surface area contributed by atoms with Crippen molar-refractivity contribution in [2.45, 2.75) is 51.0 Å². The first-order valence-electron chi connectivity index (χ1n) is 8.03. The van der Waals surface area contributed by atoms with Crippen molar-refractivity contribution in [1.29, 1.82) is 0 Å². The number of anilines is 1. The van der Waals surface area contributed by atoms with Crippen molar-refractivity contribution in [2.75, 3.05) is 12.3 Å². The number of likely N-dealkylation sites (tertiary alicyclic amines) is 1. The molecule has 1 amide bonds. The fourth-order valence-corrected chi connectivity index (χ4v) is 4.11. The van der Waals surface area contributed by atoms with Gasteiger partial charge in [-0.3, -0.25) is 4.79 Å². The van der Waals surface area contributed by atoms with E-state index in [0.29, 0.717) is 28.2 Å². The first-order chi connectivity index (χ1) is 10.2. The minimum absolute atomic E-state index is 0.0584. The van der Waals surface area contributed by atoms with Crippen LogP contribution in [-0.2, 0) is 0 Å². The molecule has 0 spiro atoms. The molecule has 0 radical (unpaired) electrons. The number of hydrogen-bond acceptors (Lipinski definition) is 2. The SMILES string of the molecule is Nc1c(Cl)cccc1C(=O)N1CCCC1C1CCCCC1. The molecule has 1 aliphatic carbocycles. The van der Waals surface area contributed by atoms with Crippen molar-refractivity contribution in [3.8, 4) is 0 Å². The number of nitrogens with zero attached hydrogens (tertiary/aromatic N) is 1. The molecule has 2 fully saturated rings. The van der Waals surface area contributed by atoms with Gasteiger partial charge in [0.05, 0.1) is 16.3 Å². The normalized spacial score (nSPS) is 23.5. The summed E-state index contributed by atoms with van der Waals surface area (Å²) in [6.07, 6.45) is 8.73. The van der Waals surface area contributed by atoms with Crippen LogP contribution in [0.1, 0.15) is 55.3 Å². The second kappa shape index (κ2) is 6.27. The minimum atomic E-state index is 0.0584. The molecule has 1 saturated heterocycles. The Hall–Kier alpha value is -1.22. The van der Waals surface area contributed by atoms with E-state index in [1.807, 2.05) is 0 Å². The lowest BCUT2D eigenvalue weighted by molar-refractivity contribution is 0.0662. The van der Waals surface area contributed by atoms with E-state index in [2.05, 4.69) is 4.90 Å². The van der Waals surface area contributed by atoms with Crippen molar-refractivity contribution in [3.63, 3.8) is 0 Å². The van der Waals surface area contributed by atoms with Gasteiger partial charge in [0.15, 0.2) is 0 Å². The molecule has 1 heterocycles. The number of para-hydroxylation sites is 1. The van der Waals surface area contributed by atoms with Crippen molar-refractivity contribution in [1.82, 2.24) is 4.90 Å². The lowest BCUT2D eigenvalue weighted by Gasteiger charge is -2.34. The Kier molecular flexibility index (Phi) is 4.39. The standard InChI is InChI=1S/C17H23ClN2O/c18-14-9-4-8-13(16(14)19)17(21)20-11-5-10-15(20)12-6-2-1-3-7-12/h4,8-9,12,15H,1-3,5-7,10-11,19H2. The van der Waals surface area contributed by atoms with Crippen molar-refractivity contribution in [3.05, 3.63) is 28.8 Å². The second-order valence-corrected chi connectivity index (χ2v) is 6.71. The second-order valence-electron chi connectivity index (χ2n) is 6.31. The van der Waals surface area contributed by atoms with Gasteiger partial charge in [-0.1, -0.05) is 36.9 Å². The predicted molar refractivity (Wildman–Crippen MR) is 86.5 cm³/mol. The van der Waals surface area contributed by atoms with E-state index in [9.17, 15) is 4.79 Å². The maximum absolute atomic E-state index is 12.9. The largest absolute Gasteiger partial charge is 0.397 e. The first-order valence-corrected chi connectivity index (χ1v) is 8.41. The van der Waals surface area contributed by atoms with Gasteiger partial charge in [-0.2, -0.15) is 0 Å². The number of amides is 1. The Morgan fingerprint density at radius 1 is 1.14 bits per heavy atom. The first kappa shape index (κ1) is 14.7. The van der Waals surface area contributed by atoms with E-state index < -0.39 is 0 Å². The molecule has 2 aliphatic rings. The van der Waals surface area contributed by atoms with Crippen LogP contribution in [0, 0.1) is 5.92 Å². The Labute approximate surface area is 131 Å². The quantitative estimate of drug-likeness (QED) is 0.836. The maximum atomic E-state index is 12.9. The van der Waals surface area contributed by atoms with E-state index in [0.717, 1.165) is 19.4 Å². The van der Waals surface area contributed by atoms with Crippen LogP contribution in [0.25, 0.3) is 0 Å². The van der Waals surface area contributed by atoms with Crippen LogP contribution in [0.4, 0.5) is 5.69 Å². The van der Waals surface area contributed by atoms with Gasteiger partial charge < -0.3 is 10.6 Å². The van der Waals surface area contributed by atoms with Gasteiger partial charge in [-0.05, 0) is 43.7 Å². The molecule has 1 atom stereocenters. The summed E-state index contributed by atoms with van der Waals surface area (Å²) in [5, 5.41) is 0.467. The number of benzene rings is 1. The Morgan fingerprint density at radius 2 is 1.90 bits per heavy atom. The van der Waals surface area contributed by atoms with Crippen LogP contribution < -0.4 is 5.73 Å². The summed E-state index contributed by atoms with van der Waals surface area (Å²) in [5.41, 5.74) is 6.97. The molecule has 1 saturated carbocycles. The van der Waals surface area contributed by atoms with Crippen molar-refractivity contribution >= 4 is 23.2 Å². The zero-order chi connectivity index (χ0) is 14.8. The molecule has 3 rings (SSSR count). The molecule has 1 aromatic carbocycles. The summed E-state index contributed by atoms with van der Waals surface area (Å²) < 4.78 is 0. The highest BCUT2D eigenvalue weighted by molar-refractivity contribution is 6.33. The van der Waals surface area contributed by atoms with Crippen LogP contribution in [-0.4, -0.2) is 23.4 Å². The maximum Gasteiger partial charge on any atom is 0.256 e. The summed E-state index contributed by atoms with van der Waals surface area (Å²) >= 11 is 6.05. The van der Waals surface area contributed by atoms with E-state index in [1.165, 1.54) is 32.1 Å². The third-order valence-electron chi connectivity index (χ3n) is 5.04. The summed E-state index contributed by atoms with van der Waals surface area (Å²) in [6.45, 7) is 0.853. The molecule has 4 heteroatoms. The van der Waals surface area contributed by atoms with E-state index in [-0.39, 0.29) is 5.91 Å². The van der Waals surface area contributed by atoms with Gasteiger partial charge >= 0.3 is 0 Å². The molecule has 2 N–H and O–H groups in total. The van der Waals surface area contributed by atoms with Gasteiger partial charge in [0.1, 0.15) is 0 Å². The Balaban J connectivity index is 1.81. The minimum Gasteiger partial charge on any atom is -0.397 e. The number of halogens is 1. The number of rotatable bonds is 2. The van der Waals surface area contributed by atoms with Crippen LogP contribution in [0.5, 0.6) is 0 Å². The molecule has 1 aromatic rings. The van der Waals surface area contributed by atoms with Crippen LogP contribution >= 0.6 is 11.6 Å². The molecule has 0 aromatic heterocycles. The number of nitrogen functional groups attached to an aromatic ring is 1. The highest BCUT2D eigenvalue weighted by Crippen LogP contribution is 2.35. The van der Waals surface area contributed by atoms with Crippen molar-refractivity contribution < 1.29 is 4.79 Å². The smallest absolute Gasteiger partial charge is 0.256 e. The van der Waals surface area contributed by atoms with Crippen LogP contribution in [0.3, 0.4) is 0 Å². The number of carbonyl (C=O) groups excluding carboxylic acids is 1. The fraction of sp³-hybridized carbons (Fsp3) is 0.588. The molecule has 0 bridgehead atoms. The predicted octanol–water partition coefficient (Wildman–Crippen LogP) is 4.11. The number of carbonyl (C=O) groups is 1. The average Bonchev–Trinajstić information content (AvgIpc) is 3.00. The summed E-state index contributed by atoms with van der Waals surface area (Å²) in [4.78, 5) is 14.9. The molecule has 114 valence electrons. The molecular formula is C17H23ClN2O. The zero-order valence-corrected chi connectivity index (χ0v) is 13.1. The average molecular weight is 307 g/mol. The van der Waals surface area contributed by atoms with Crippen LogP contribution in [0.15, 0.2) is 18.2 Å². The van der Waals surface area contributed by atoms with Gasteiger partial charge in [0.2, 0.25) is 0 Å². The van der Waals surface area contributed by atoms with Crippen molar-refractivity contribution in [2.24, 2.45) is 5.92 Å². The van der Waals surface area contributed by atoms with Gasteiger partial charge in [0.25, 0.3) is 5.91 Å². The fourth-order valence-electron chi connectivity index (χ4n) is 3.93. The third-order valence-corrected chi connectivity index (χ3v) is 5.37. The number of nitrogens with two attached hydrogens (primary N) is 1. The zero-order valence-electron chi connectivity index (χ0n) is 12.4. The number of hydrogen-bond donors (Lipinski definition) is 1. The van der Waals surface area contributed by atoms with E-state index >= 15 is 0 Å². The Bertz CT molecular complexity index is 526. The van der Waals surface area contributed by atoms with Gasteiger partial charge in [0, 0.05) is 12.6 Å². The monoisotopic (exact) mass is 306 g/mol. The van der Waals surface area contributed by atoms with Crippen LogP contribution in [0.2, 0.25) is 5.02 Å². The highest BCUT2D eigenvalue weighted by Gasteiger charge is 2.36. The van der Waals surface area contributed by atoms with Gasteiger partial charge in [-0.25, -0.2) is 0 Å². The molecule has 3 nitrogen and oxygen atoms in total. The highest BCUT2D eigenvalue weighted by atomic mass is 35.5. The molecule has 21 heavy (non-hydrogen) atoms. The molecule has 1 unspecified atom stereocenters. The third kappa shape index (κ3) is 2.89. The summed E-state index contributed by atoms with van der Waals surface area (Å²) in [6, 6.07) is 5.73. The summed E-state index contributed by atoms with van der Waals surface area (Å²) in [5.74, 6) is 0.730. The summed E-state index contributed by atoms with van der Waals surface area (Å²) in [7, 11) is 0. The Morgan fingerprint density at radius 3 is 2.67 bits per heavy atom.